The predicted octanol–water partition coefficient (Wildman–Crippen LogP) is 2.06. The Kier molecular flexibility index (Phi) is 3.85. The Hall–Kier alpha value is -2.37. The van der Waals surface area contributed by atoms with Crippen molar-refractivity contribution in [1.29, 1.82) is 0 Å². The number of nitrogens with one attached hydrogen (secondary N) is 1. The minimum Gasteiger partial charge on any atom is -0.356 e. The summed E-state index contributed by atoms with van der Waals surface area (Å²) in [6.45, 7) is 1.92. The molecule has 0 saturated carbocycles. The first-order valence-corrected chi connectivity index (χ1v) is 7.24. The molecule has 21 heavy (non-hydrogen) atoms. The van der Waals surface area contributed by atoms with E-state index in [-0.39, 0.29) is 5.91 Å². The summed E-state index contributed by atoms with van der Waals surface area (Å²) < 4.78 is 1.66. The van der Waals surface area contributed by atoms with E-state index in [1.165, 1.54) is 6.42 Å². The quantitative estimate of drug-likeness (QED) is 0.937. The lowest BCUT2D eigenvalue weighted by molar-refractivity contribution is 0.102. The molecule has 3 rings (SSSR count). The third-order valence-corrected chi connectivity index (χ3v) is 3.65. The SMILES string of the molecule is Cn1cc(NC(=O)c2cccnc2N2CCCCC2)cn1. The monoisotopic (exact) mass is 285 g/mol. The first kappa shape index (κ1) is 13.6. The van der Waals surface area contributed by atoms with Crippen molar-refractivity contribution in [3.05, 3.63) is 36.3 Å². The van der Waals surface area contributed by atoms with E-state index < -0.39 is 0 Å². The summed E-state index contributed by atoms with van der Waals surface area (Å²) in [5.41, 5.74) is 1.30. The highest BCUT2D eigenvalue weighted by atomic mass is 16.1. The maximum absolute atomic E-state index is 12.5. The van der Waals surface area contributed by atoms with E-state index >= 15 is 0 Å². The molecule has 6 heteroatoms. The Labute approximate surface area is 123 Å². The van der Waals surface area contributed by atoms with Crippen molar-refractivity contribution in [3.63, 3.8) is 0 Å². The molecule has 1 N–H and O–H groups in total. The van der Waals surface area contributed by atoms with Crippen LogP contribution in [0.5, 0.6) is 0 Å². The molecular weight excluding hydrogens is 266 g/mol. The zero-order chi connectivity index (χ0) is 14.7. The minimum atomic E-state index is -0.142. The van der Waals surface area contributed by atoms with Gasteiger partial charge in [0.25, 0.3) is 5.91 Å². The Bertz CT molecular complexity index is 630. The van der Waals surface area contributed by atoms with Crippen LogP contribution < -0.4 is 10.2 Å². The molecule has 3 heterocycles. The smallest absolute Gasteiger partial charge is 0.259 e. The zero-order valence-electron chi connectivity index (χ0n) is 12.1. The van der Waals surface area contributed by atoms with Crippen LogP contribution in [0.2, 0.25) is 0 Å². The molecule has 1 fully saturated rings. The summed E-state index contributed by atoms with van der Waals surface area (Å²) in [5, 5.41) is 6.92. The fourth-order valence-electron chi connectivity index (χ4n) is 2.62. The first-order valence-electron chi connectivity index (χ1n) is 7.24. The van der Waals surface area contributed by atoms with Gasteiger partial charge in [-0.15, -0.1) is 0 Å². The van der Waals surface area contributed by atoms with Gasteiger partial charge in [0.15, 0.2) is 0 Å². The molecule has 1 saturated heterocycles. The van der Waals surface area contributed by atoms with E-state index in [1.807, 2.05) is 13.1 Å². The van der Waals surface area contributed by atoms with E-state index in [2.05, 4.69) is 20.3 Å². The number of pyridine rings is 1. The topological polar surface area (TPSA) is 63.1 Å². The van der Waals surface area contributed by atoms with Gasteiger partial charge in [0.05, 0.1) is 17.4 Å². The average Bonchev–Trinajstić information content (AvgIpc) is 2.93. The van der Waals surface area contributed by atoms with Crippen LogP contribution in [0.1, 0.15) is 29.6 Å². The number of aryl methyl sites for hydroxylation is 1. The van der Waals surface area contributed by atoms with Gasteiger partial charge in [-0.2, -0.15) is 5.10 Å². The van der Waals surface area contributed by atoms with E-state index in [0.29, 0.717) is 11.3 Å². The number of nitrogens with zero attached hydrogens (tertiary/aromatic N) is 4. The van der Waals surface area contributed by atoms with Gasteiger partial charge in [-0.25, -0.2) is 4.98 Å². The van der Waals surface area contributed by atoms with Crippen LogP contribution in [0.3, 0.4) is 0 Å². The fraction of sp³-hybridized carbons (Fsp3) is 0.400. The number of piperidine rings is 1. The van der Waals surface area contributed by atoms with Gasteiger partial charge in [-0.3, -0.25) is 9.48 Å². The van der Waals surface area contributed by atoms with Gasteiger partial charge in [-0.1, -0.05) is 0 Å². The number of carbonyl (C=O) groups excluding carboxylic acids is 1. The molecule has 0 atom stereocenters. The summed E-state index contributed by atoms with van der Waals surface area (Å²) in [7, 11) is 1.82. The van der Waals surface area contributed by atoms with Gasteiger partial charge in [0.2, 0.25) is 0 Å². The summed E-state index contributed by atoms with van der Waals surface area (Å²) in [5.74, 6) is 0.635. The summed E-state index contributed by atoms with van der Waals surface area (Å²) in [4.78, 5) is 19.1. The molecule has 110 valence electrons. The molecule has 0 spiro atoms. The van der Waals surface area contributed by atoms with Gasteiger partial charge in [0, 0.05) is 32.5 Å². The molecule has 0 radical (unpaired) electrons. The Morgan fingerprint density at radius 2 is 2.10 bits per heavy atom. The van der Waals surface area contributed by atoms with Crippen molar-refractivity contribution in [2.45, 2.75) is 19.3 Å². The Balaban J connectivity index is 1.82. The molecule has 0 unspecified atom stereocenters. The van der Waals surface area contributed by atoms with Crippen LogP contribution in [0, 0.1) is 0 Å². The maximum Gasteiger partial charge on any atom is 0.259 e. The molecule has 0 aromatic carbocycles. The minimum absolute atomic E-state index is 0.142. The second-order valence-corrected chi connectivity index (χ2v) is 5.28. The standard InChI is InChI=1S/C15H19N5O/c1-19-11-12(10-17-19)18-15(21)13-6-5-7-16-14(13)20-8-3-2-4-9-20/h5-7,10-11H,2-4,8-9H2,1H3,(H,18,21). The highest BCUT2D eigenvalue weighted by Crippen LogP contribution is 2.22. The number of rotatable bonds is 3. The maximum atomic E-state index is 12.5. The van der Waals surface area contributed by atoms with Crippen LogP contribution in [0.25, 0.3) is 0 Å². The van der Waals surface area contributed by atoms with Crippen LogP contribution in [0.4, 0.5) is 11.5 Å². The third-order valence-electron chi connectivity index (χ3n) is 3.65. The van der Waals surface area contributed by atoms with Crippen molar-refractivity contribution >= 4 is 17.4 Å². The number of hydrogen-bond acceptors (Lipinski definition) is 4. The van der Waals surface area contributed by atoms with Crippen molar-refractivity contribution in [1.82, 2.24) is 14.8 Å². The first-order chi connectivity index (χ1) is 10.2. The molecule has 1 aliphatic heterocycles. The molecule has 6 nitrogen and oxygen atoms in total. The molecule has 1 aliphatic rings. The molecule has 2 aromatic rings. The van der Waals surface area contributed by atoms with E-state index in [9.17, 15) is 4.79 Å². The van der Waals surface area contributed by atoms with Gasteiger partial charge < -0.3 is 10.2 Å². The van der Waals surface area contributed by atoms with Crippen molar-refractivity contribution < 1.29 is 4.79 Å². The third kappa shape index (κ3) is 3.04. The highest BCUT2D eigenvalue weighted by Gasteiger charge is 2.19. The van der Waals surface area contributed by atoms with Gasteiger partial charge >= 0.3 is 0 Å². The fourth-order valence-corrected chi connectivity index (χ4v) is 2.62. The van der Waals surface area contributed by atoms with Crippen LogP contribution in [-0.4, -0.2) is 33.8 Å². The molecule has 0 bridgehead atoms. The van der Waals surface area contributed by atoms with Crippen LogP contribution >= 0.6 is 0 Å². The van der Waals surface area contributed by atoms with E-state index in [0.717, 1.165) is 31.7 Å². The molecule has 2 aromatic heterocycles. The van der Waals surface area contributed by atoms with Crippen LogP contribution in [-0.2, 0) is 7.05 Å². The number of amides is 1. The van der Waals surface area contributed by atoms with Crippen molar-refractivity contribution in [2.75, 3.05) is 23.3 Å². The summed E-state index contributed by atoms with van der Waals surface area (Å²) in [6.07, 6.45) is 8.70. The van der Waals surface area contributed by atoms with Gasteiger partial charge in [0.1, 0.15) is 5.82 Å². The second-order valence-electron chi connectivity index (χ2n) is 5.28. The number of carbonyl (C=O) groups is 1. The Morgan fingerprint density at radius 3 is 2.81 bits per heavy atom. The predicted molar refractivity (Wildman–Crippen MR) is 81.5 cm³/mol. The lowest BCUT2D eigenvalue weighted by Gasteiger charge is -2.29. The van der Waals surface area contributed by atoms with Crippen molar-refractivity contribution in [3.8, 4) is 0 Å². The van der Waals surface area contributed by atoms with E-state index in [1.54, 1.807) is 29.3 Å². The number of anilines is 2. The number of aromatic nitrogens is 3. The van der Waals surface area contributed by atoms with Crippen molar-refractivity contribution in [2.24, 2.45) is 7.05 Å². The molecular formula is C15H19N5O. The summed E-state index contributed by atoms with van der Waals surface area (Å²) in [6, 6.07) is 3.62. The average molecular weight is 285 g/mol. The molecule has 1 amide bonds. The lowest BCUT2D eigenvalue weighted by atomic mass is 10.1. The second kappa shape index (κ2) is 5.95. The largest absolute Gasteiger partial charge is 0.356 e. The van der Waals surface area contributed by atoms with Gasteiger partial charge in [-0.05, 0) is 31.4 Å². The Morgan fingerprint density at radius 1 is 1.29 bits per heavy atom. The lowest BCUT2D eigenvalue weighted by Crippen LogP contribution is -2.32. The molecule has 0 aliphatic carbocycles. The zero-order valence-corrected chi connectivity index (χ0v) is 12.1. The van der Waals surface area contributed by atoms with E-state index in [4.69, 9.17) is 0 Å². The summed E-state index contributed by atoms with van der Waals surface area (Å²) >= 11 is 0. The normalized spacial score (nSPS) is 15.0. The van der Waals surface area contributed by atoms with Crippen LogP contribution in [0.15, 0.2) is 30.7 Å². The number of hydrogen-bond donors (Lipinski definition) is 1. The highest BCUT2D eigenvalue weighted by molar-refractivity contribution is 6.07.